The predicted octanol–water partition coefficient (Wildman–Crippen LogP) is 7.00. The second-order valence-electron chi connectivity index (χ2n) is 9.77. The molecule has 3 aromatic rings. The Bertz CT molecular complexity index is 1130. The summed E-state index contributed by atoms with van der Waals surface area (Å²) < 4.78 is 7.98. The monoisotopic (exact) mass is 494 g/mol. The summed E-state index contributed by atoms with van der Waals surface area (Å²) in [4.78, 5) is 16.2. The van der Waals surface area contributed by atoms with Gasteiger partial charge in [-0.05, 0) is 41.7 Å². The third-order valence-corrected chi connectivity index (χ3v) is 13.2. The maximum absolute atomic E-state index is 13.1. The van der Waals surface area contributed by atoms with Crippen molar-refractivity contribution in [2.24, 2.45) is 0 Å². The van der Waals surface area contributed by atoms with Crippen LogP contribution in [0.4, 0.5) is 0 Å². The number of carbonyl (C=O) groups is 1. The molecular weight excluding hydrogens is 467 g/mol. The molecule has 8 heteroatoms. The Kier molecular flexibility index (Phi) is 6.07. The lowest BCUT2D eigenvalue weighted by Crippen LogP contribution is -2.44. The molecule has 0 spiro atoms. The van der Waals surface area contributed by atoms with Gasteiger partial charge in [0.25, 0.3) is 5.91 Å². The molecule has 0 radical (unpaired) electrons. The Morgan fingerprint density at radius 2 is 2.00 bits per heavy atom. The molecule has 4 nitrogen and oxygen atoms in total. The van der Waals surface area contributed by atoms with Crippen LogP contribution in [-0.2, 0) is 10.8 Å². The van der Waals surface area contributed by atoms with Crippen LogP contribution in [0.5, 0.6) is 0 Å². The predicted molar refractivity (Wildman–Crippen MR) is 133 cm³/mol. The number of H-pyrrole nitrogens is 1. The normalized spacial score (nSPS) is 19.1. The molecule has 0 unspecified atom stereocenters. The van der Waals surface area contributed by atoms with Crippen LogP contribution in [0.1, 0.15) is 48.3 Å². The Morgan fingerprint density at radius 1 is 1.29 bits per heavy atom. The van der Waals surface area contributed by atoms with Gasteiger partial charge in [-0.25, -0.2) is 0 Å². The molecule has 0 saturated carbocycles. The molecular formula is C23H28Cl2N2O2SSi. The SMILES string of the molecule is CC(C)(C)[Si](C)(C)OC[C@H]1c2ccccc2C[C@H]1NC(=O)c1cc2sc(Cl)c(Cl)c2[nH]1. The van der Waals surface area contributed by atoms with Crippen LogP contribution >= 0.6 is 34.5 Å². The highest BCUT2D eigenvalue weighted by Crippen LogP contribution is 2.41. The molecule has 1 amide bonds. The summed E-state index contributed by atoms with van der Waals surface area (Å²) in [6.45, 7) is 11.9. The van der Waals surface area contributed by atoms with Crippen molar-refractivity contribution in [3.05, 3.63) is 56.5 Å². The Labute approximate surface area is 198 Å². The van der Waals surface area contributed by atoms with E-state index in [0.717, 1.165) is 11.1 Å². The van der Waals surface area contributed by atoms with Gasteiger partial charge in [0.05, 0.1) is 15.2 Å². The fourth-order valence-corrected chi connectivity index (χ4v) is 6.35. The number of amides is 1. The van der Waals surface area contributed by atoms with E-state index in [1.165, 1.54) is 22.5 Å². The van der Waals surface area contributed by atoms with Gasteiger partial charge in [-0.2, -0.15) is 0 Å². The standard InChI is InChI=1S/C23H28Cl2N2O2SSi/c1-23(2,3)31(4,5)29-12-15-14-9-7-6-8-13(14)10-16(15)27-22(28)17-11-18-20(26-17)19(24)21(25)30-18/h6-9,11,15-16,26H,10,12H2,1-5H3,(H,27,28)/t15-,16+/m0/s1. The third-order valence-electron chi connectivity index (χ3n) is 6.74. The fraction of sp³-hybridized carbons (Fsp3) is 0.435. The van der Waals surface area contributed by atoms with Gasteiger partial charge in [0, 0.05) is 18.6 Å². The molecule has 0 fully saturated rings. The molecule has 166 valence electrons. The average Bonchev–Trinajstić information content (AvgIpc) is 3.32. The second-order valence-corrected chi connectivity index (χ2v) is 16.6. The number of hydrogen-bond acceptors (Lipinski definition) is 3. The van der Waals surface area contributed by atoms with Gasteiger partial charge in [-0.15, -0.1) is 11.3 Å². The molecule has 2 heterocycles. The highest BCUT2D eigenvalue weighted by molar-refractivity contribution is 7.23. The van der Waals surface area contributed by atoms with Gasteiger partial charge in [0.15, 0.2) is 8.32 Å². The topological polar surface area (TPSA) is 54.1 Å². The summed E-state index contributed by atoms with van der Waals surface area (Å²) in [5.74, 6) is -0.00545. The van der Waals surface area contributed by atoms with Crippen molar-refractivity contribution in [3.63, 3.8) is 0 Å². The Morgan fingerprint density at radius 3 is 2.68 bits per heavy atom. The van der Waals surface area contributed by atoms with Crippen LogP contribution in [0.15, 0.2) is 30.3 Å². The highest BCUT2D eigenvalue weighted by Gasteiger charge is 2.40. The second kappa shape index (κ2) is 8.23. The summed E-state index contributed by atoms with van der Waals surface area (Å²) in [7, 11) is -1.90. The Balaban J connectivity index is 1.54. The van der Waals surface area contributed by atoms with E-state index < -0.39 is 8.32 Å². The highest BCUT2D eigenvalue weighted by atomic mass is 35.5. The van der Waals surface area contributed by atoms with E-state index >= 15 is 0 Å². The first kappa shape index (κ1) is 22.9. The van der Waals surface area contributed by atoms with E-state index in [9.17, 15) is 4.79 Å². The number of benzene rings is 1. The number of fused-ring (bicyclic) bond motifs is 2. The zero-order valence-electron chi connectivity index (χ0n) is 18.4. The maximum atomic E-state index is 13.1. The van der Waals surface area contributed by atoms with Crippen LogP contribution in [-0.4, -0.2) is 31.9 Å². The number of aromatic amines is 1. The van der Waals surface area contributed by atoms with Gasteiger partial charge in [-0.3, -0.25) is 4.79 Å². The van der Waals surface area contributed by atoms with E-state index in [1.807, 2.05) is 6.07 Å². The van der Waals surface area contributed by atoms with E-state index in [2.05, 4.69) is 68.4 Å². The molecule has 31 heavy (non-hydrogen) atoms. The molecule has 0 bridgehead atoms. The fourth-order valence-electron chi connectivity index (χ4n) is 3.84. The van der Waals surface area contributed by atoms with E-state index in [1.54, 1.807) is 0 Å². The molecule has 2 aromatic heterocycles. The van der Waals surface area contributed by atoms with Crippen molar-refractivity contribution in [2.75, 3.05) is 6.61 Å². The van der Waals surface area contributed by atoms with Gasteiger partial charge >= 0.3 is 0 Å². The molecule has 2 N–H and O–H groups in total. The first-order chi connectivity index (χ1) is 14.5. The van der Waals surface area contributed by atoms with Crippen molar-refractivity contribution in [2.45, 2.75) is 57.3 Å². The number of carbonyl (C=O) groups excluding carboxylic acids is 1. The number of halogens is 2. The summed E-state index contributed by atoms with van der Waals surface area (Å²) in [6.07, 6.45) is 0.801. The molecule has 4 rings (SSSR count). The number of rotatable bonds is 5. The maximum Gasteiger partial charge on any atom is 0.268 e. The molecule has 2 atom stereocenters. The van der Waals surface area contributed by atoms with Crippen LogP contribution in [0.3, 0.4) is 0 Å². The quantitative estimate of drug-likeness (QED) is 0.375. The minimum atomic E-state index is -1.90. The zero-order chi connectivity index (χ0) is 22.6. The van der Waals surface area contributed by atoms with E-state index in [0.29, 0.717) is 27.2 Å². The smallest absolute Gasteiger partial charge is 0.268 e. The van der Waals surface area contributed by atoms with E-state index in [4.69, 9.17) is 27.6 Å². The number of thiophene rings is 1. The number of aromatic nitrogens is 1. The van der Waals surface area contributed by atoms with Gasteiger partial charge in [0.1, 0.15) is 10.0 Å². The molecule has 0 aliphatic heterocycles. The van der Waals surface area contributed by atoms with E-state index in [-0.39, 0.29) is 22.9 Å². The summed E-state index contributed by atoms with van der Waals surface area (Å²) in [6, 6.07) is 10.2. The lowest BCUT2D eigenvalue weighted by atomic mass is 9.99. The third kappa shape index (κ3) is 4.33. The summed E-state index contributed by atoms with van der Waals surface area (Å²) in [5.41, 5.74) is 3.77. The molecule has 1 aliphatic rings. The first-order valence-electron chi connectivity index (χ1n) is 10.5. The molecule has 1 aromatic carbocycles. The van der Waals surface area contributed by atoms with Crippen LogP contribution in [0.2, 0.25) is 27.5 Å². The van der Waals surface area contributed by atoms with Crippen LogP contribution < -0.4 is 5.32 Å². The number of nitrogens with one attached hydrogen (secondary N) is 2. The van der Waals surface area contributed by atoms with Crippen LogP contribution in [0.25, 0.3) is 10.2 Å². The van der Waals surface area contributed by atoms with Crippen molar-refractivity contribution in [1.29, 1.82) is 0 Å². The number of hydrogen-bond donors (Lipinski definition) is 2. The van der Waals surface area contributed by atoms with Gasteiger partial charge < -0.3 is 14.7 Å². The Hall–Kier alpha value is -1.31. The molecule has 1 aliphatic carbocycles. The largest absolute Gasteiger partial charge is 0.416 e. The van der Waals surface area contributed by atoms with Crippen LogP contribution in [0, 0.1) is 0 Å². The summed E-state index contributed by atoms with van der Waals surface area (Å²) in [5, 5.41) is 3.85. The van der Waals surface area contributed by atoms with Crippen molar-refractivity contribution in [3.8, 4) is 0 Å². The average molecular weight is 496 g/mol. The van der Waals surface area contributed by atoms with Crippen molar-refractivity contribution < 1.29 is 9.22 Å². The van der Waals surface area contributed by atoms with Gasteiger partial charge in [-0.1, -0.05) is 68.2 Å². The van der Waals surface area contributed by atoms with Gasteiger partial charge in [0.2, 0.25) is 0 Å². The zero-order valence-corrected chi connectivity index (χ0v) is 21.8. The summed E-state index contributed by atoms with van der Waals surface area (Å²) >= 11 is 13.7. The minimum Gasteiger partial charge on any atom is -0.416 e. The molecule has 0 saturated heterocycles. The lowest BCUT2D eigenvalue weighted by molar-refractivity contribution is 0.0923. The van der Waals surface area contributed by atoms with Crippen molar-refractivity contribution >= 4 is 59.0 Å². The first-order valence-corrected chi connectivity index (χ1v) is 14.9. The minimum absolute atomic E-state index is 0.0185. The van der Waals surface area contributed by atoms with Crippen molar-refractivity contribution in [1.82, 2.24) is 10.3 Å². The lowest BCUT2D eigenvalue weighted by Gasteiger charge is -2.37.